The molecule has 3 rings (SSSR count). The Balaban J connectivity index is 1.50. The van der Waals surface area contributed by atoms with Crippen molar-refractivity contribution in [1.82, 2.24) is 10.9 Å². The van der Waals surface area contributed by atoms with E-state index in [1.54, 1.807) is 12.1 Å². The largest absolute Gasteiger partial charge is 0.484 e. The summed E-state index contributed by atoms with van der Waals surface area (Å²) < 4.78 is 5.43. The maximum absolute atomic E-state index is 12.4. The number of aryl methyl sites for hydroxylation is 2. The first-order valence-corrected chi connectivity index (χ1v) is 9.36. The quantitative estimate of drug-likeness (QED) is 0.664. The summed E-state index contributed by atoms with van der Waals surface area (Å²) in [6, 6.07) is 3.46. The summed E-state index contributed by atoms with van der Waals surface area (Å²) in [4.78, 5) is 35.9. The van der Waals surface area contributed by atoms with Gasteiger partial charge < -0.3 is 9.84 Å². The van der Waals surface area contributed by atoms with Crippen molar-refractivity contribution in [2.24, 2.45) is 23.7 Å². The van der Waals surface area contributed by atoms with Crippen LogP contribution in [0.1, 0.15) is 30.4 Å². The monoisotopic (exact) mass is 394 g/mol. The molecule has 0 heterocycles. The van der Waals surface area contributed by atoms with E-state index in [1.807, 2.05) is 13.8 Å². The fourth-order valence-electron chi connectivity index (χ4n) is 4.41. The molecule has 0 saturated heterocycles. The number of carbonyl (C=O) groups is 3. The van der Waals surface area contributed by atoms with Crippen LogP contribution in [0.15, 0.2) is 12.1 Å². The molecule has 0 aliphatic heterocycles. The molecule has 2 bridgehead atoms. The van der Waals surface area contributed by atoms with Gasteiger partial charge >= 0.3 is 5.97 Å². The van der Waals surface area contributed by atoms with E-state index in [4.69, 9.17) is 16.3 Å². The lowest BCUT2D eigenvalue weighted by Gasteiger charge is -2.26. The van der Waals surface area contributed by atoms with Gasteiger partial charge in [0.05, 0.1) is 11.8 Å². The van der Waals surface area contributed by atoms with E-state index in [2.05, 4.69) is 10.9 Å². The molecule has 2 aliphatic rings. The standard InChI is InChI=1S/C19H23ClN2O5/c1-9-5-13(6-10(2)17(9)20)27-8-14(23)21-22-18(24)15-11-3-4-12(7-11)16(15)19(25)26/h5-6,11-12,15-16H,3-4,7-8H2,1-2H3,(H,21,23)(H,22,24)(H,25,26)/t11-,12-,15+,16-/m0/s1. The minimum atomic E-state index is -0.939. The molecule has 0 radical (unpaired) electrons. The minimum absolute atomic E-state index is 0.0543. The van der Waals surface area contributed by atoms with Crippen molar-refractivity contribution in [1.29, 1.82) is 0 Å². The molecule has 7 nitrogen and oxygen atoms in total. The second-order valence-electron chi connectivity index (χ2n) is 7.42. The summed E-state index contributed by atoms with van der Waals surface area (Å²) in [6.07, 6.45) is 2.48. The molecule has 2 aliphatic carbocycles. The number of ether oxygens (including phenoxy) is 1. The number of hydrogen-bond acceptors (Lipinski definition) is 4. The molecule has 27 heavy (non-hydrogen) atoms. The number of benzene rings is 1. The van der Waals surface area contributed by atoms with Crippen molar-refractivity contribution in [3.8, 4) is 5.75 Å². The number of hydrazine groups is 1. The number of carbonyl (C=O) groups excluding carboxylic acids is 2. The SMILES string of the molecule is Cc1cc(OCC(=O)NNC(=O)[C@@H]2[C@H]3CC[C@@H](C3)[C@@H]2C(=O)O)cc(C)c1Cl. The Hall–Kier alpha value is -2.28. The van der Waals surface area contributed by atoms with Crippen LogP contribution in [0.4, 0.5) is 0 Å². The van der Waals surface area contributed by atoms with Crippen molar-refractivity contribution in [3.05, 3.63) is 28.3 Å². The molecule has 3 N–H and O–H groups in total. The van der Waals surface area contributed by atoms with Crippen molar-refractivity contribution < 1.29 is 24.2 Å². The highest BCUT2D eigenvalue weighted by atomic mass is 35.5. The van der Waals surface area contributed by atoms with Gasteiger partial charge in [0.25, 0.3) is 5.91 Å². The van der Waals surface area contributed by atoms with E-state index in [9.17, 15) is 19.5 Å². The van der Waals surface area contributed by atoms with Gasteiger partial charge in [0.15, 0.2) is 6.61 Å². The summed E-state index contributed by atoms with van der Waals surface area (Å²) in [5.41, 5.74) is 6.35. The Morgan fingerprint density at radius 2 is 1.70 bits per heavy atom. The smallest absolute Gasteiger partial charge is 0.307 e. The van der Waals surface area contributed by atoms with Crippen molar-refractivity contribution >= 4 is 29.4 Å². The maximum atomic E-state index is 12.4. The van der Waals surface area contributed by atoms with E-state index in [1.165, 1.54) is 0 Å². The van der Waals surface area contributed by atoms with Gasteiger partial charge in [0, 0.05) is 5.02 Å². The third kappa shape index (κ3) is 4.03. The lowest BCUT2D eigenvalue weighted by atomic mass is 9.79. The zero-order valence-corrected chi connectivity index (χ0v) is 16.0. The molecule has 8 heteroatoms. The molecule has 1 aromatic rings. The van der Waals surface area contributed by atoms with E-state index >= 15 is 0 Å². The second-order valence-corrected chi connectivity index (χ2v) is 7.80. The zero-order valence-electron chi connectivity index (χ0n) is 15.3. The molecule has 0 aromatic heterocycles. The second kappa shape index (κ2) is 7.76. The van der Waals surface area contributed by atoms with Crippen LogP contribution in [0.5, 0.6) is 5.75 Å². The van der Waals surface area contributed by atoms with Gasteiger partial charge in [0.2, 0.25) is 5.91 Å². The molecule has 1 aromatic carbocycles. The van der Waals surface area contributed by atoms with Gasteiger partial charge in [-0.3, -0.25) is 25.2 Å². The third-order valence-corrected chi connectivity index (χ3v) is 6.21. The Morgan fingerprint density at radius 1 is 1.11 bits per heavy atom. The van der Waals surface area contributed by atoms with E-state index in [0.717, 1.165) is 30.4 Å². The van der Waals surface area contributed by atoms with E-state index in [0.29, 0.717) is 10.8 Å². The number of carboxylic acid groups (broad SMARTS) is 1. The van der Waals surface area contributed by atoms with Gasteiger partial charge in [-0.15, -0.1) is 0 Å². The minimum Gasteiger partial charge on any atom is -0.484 e. The average molecular weight is 395 g/mol. The first-order valence-electron chi connectivity index (χ1n) is 8.99. The molecule has 0 unspecified atom stereocenters. The number of rotatable bonds is 5. The first kappa shape index (κ1) is 19.5. The first-order chi connectivity index (χ1) is 12.8. The number of carboxylic acids is 1. The molecule has 146 valence electrons. The summed E-state index contributed by atoms with van der Waals surface area (Å²) in [5, 5.41) is 10.1. The predicted molar refractivity (Wildman–Crippen MR) is 98.2 cm³/mol. The zero-order chi connectivity index (χ0) is 19.7. The van der Waals surface area contributed by atoms with Crippen molar-refractivity contribution in [2.45, 2.75) is 33.1 Å². The highest BCUT2D eigenvalue weighted by Gasteiger charge is 2.54. The van der Waals surface area contributed by atoms with Gasteiger partial charge in [-0.05, 0) is 68.2 Å². The topological polar surface area (TPSA) is 105 Å². The van der Waals surface area contributed by atoms with Crippen LogP contribution in [-0.4, -0.2) is 29.5 Å². The Labute approximate surface area is 162 Å². The molecule has 2 amide bonds. The average Bonchev–Trinajstić information content (AvgIpc) is 3.23. The van der Waals surface area contributed by atoms with Crippen LogP contribution in [0.2, 0.25) is 5.02 Å². The Kier molecular flexibility index (Phi) is 5.60. The molecular weight excluding hydrogens is 372 g/mol. The van der Waals surface area contributed by atoms with Crippen LogP contribution in [-0.2, 0) is 14.4 Å². The Morgan fingerprint density at radius 3 is 2.30 bits per heavy atom. The number of nitrogens with one attached hydrogen (secondary N) is 2. The number of halogens is 1. The lowest BCUT2D eigenvalue weighted by Crippen LogP contribution is -2.49. The predicted octanol–water partition coefficient (Wildman–Crippen LogP) is 2.23. The number of aliphatic carboxylic acids is 1. The maximum Gasteiger partial charge on any atom is 0.307 e. The fraction of sp³-hybridized carbons (Fsp3) is 0.526. The van der Waals surface area contributed by atoms with Crippen LogP contribution in [0.25, 0.3) is 0 Å². The molecule has 2 saturated carbocycles. The van der Waals surface area contributed by atoms with Gasteiger partial charge in [-0.25, -0.2) is 0 Å². The summed E-state index contributed by atoms with van der Waals surface area (Å²) >= 11 is 6.10. The van der Waals surface area contributed by atoms with E-state index in [-0.39, 0.29) is 18.4 Å². The lowest BCUT2D eigenvalue weighted by molar-refractivity contribution is -0.150. The number of amides is 2. The molecule has 4 atom stereocenters. The van der Waals surface area contributed by atoms with Gasteiger partial charge in [0.1, 0.15) is 5.75 Å². The Bertz CT molecular complexity index is 758. The summed E-state index contributed by atoms with van der Waals surface area (Å²) in [6.45, 7) is 3.41. The number of hydrogen-bond donors (Lipinski definition) is 3. The van der Waals surface area contributed by atoms with Crippen LogP contribution in [0.3, 0.4) is 0 Å². The normalized spacial score (nSPS) is 25.9. The van der Waals surface area contributed by atoms with Gasteiger partial charge in [-0.1, -0.05) is 11.6 Å². The summed E-state index contributed by atoms with van der Waals surface area (Å²) in [5.74, 6) is -2.53. The highest BCUT2D eigenvalue weighted by Crippen LogP contribution is 2.52. The van der Waals surface area contributed by atoms with Crippen LogP contribution in [0, 0.1) is 37.5 Å². The van der Waals surface area contributed by atoms with Gasteiger partial charge in [-0.2, -0.15) is 0 Å². The van der Waals surface area contributed by atoms with Crippen molar-refractivity contribution in [2.75, 3.05) is 6.61 Å². The van der Waals surface area contributed by atoms with Crippen LogP contribution < -0.4 is 15.6 Å². The third-order valence-electron chi connectivity index (χ3n) is 5.61. The fourth-order valence-corrected chi connectivity index (χ4v) is 4.52. The van der Waals surface area contributed by atoms with Crippen LogP contribution >= 0.6 is 11.6 Å². The molecule has 2 fully saturated rings. The van der Waals surface area contributed by atoms with Crippen molar-refractivity contribution in [3.63, 3.8) is 0 Å². The van der Waals surface area contributed by atoms with E-state index < -0.39 is 29.6 Å². The highest BCUT2D eigenvalue weighted by molar-refractivity contribution is 6.32. The summed E-state index contributed by atoms with van der Waals surface area (Å²) in [7, 11) is 0. The molecular formula is C19H23ClN2O5. The number of fused-ring (bicyclic) bond motifs is 2. The molecule has 0 spiro atoms.